The minimum absolute atomic E-state index is 0.311. The number of rotatable bonds is 3. The molecule has 0 amide bonds. The minimum atomic E-state index is -0.311. The van der Waals surface area contributed by atoms with Crippen LogP contribution in [-0.4, -0.2) is 17.6 Å². The lowest BCUT2D eigenvalue weighted by atomic mass is 10.1. The van der Waals surface area contributed by atoms with Crippen LogP contribution in [0.3, 0.4) is 0 Å². The maximum Gasteiger partial charge on any atom is 0.337 e. The van der Waals surface area contributed by atoms with E-state index in [0.717, 1.165) is 23.2 Å². The van der Waals surface area contributed by atoms with Crippen molar-refractivity contribution in [3.63, 3.8) is 0 Å². The lowest BCUT2D eigenvalue weighted by molar-refractivity contribution is 0.0600. The maximum atomic E-state index is 11.6. The summed E-state index contributed by atoms with van der Waals surface area (Å²) in [5.41, 5.74) is 6.44. The molecule has 0 N–H and O–H groups in total. The number of hydrogen-bond donors (Lipinski definition) is 0. The molecule has 4 aromatic rings. The SMILES string of the molecule is COC(=O)c1ccc(Cn2c3ccccc3c3cc(C)[c]c(C)c32)cc1. The number of carbonyl (C=O) groups excluding carboxylic acids is 1. The largest absolute Gasteiger partial charge is 0.465 e. The smallest absolute Gasteiger partial charge is 0.337 e. The monoisotopic (exact) mass is 342 g/mol. The van der Waals surface area contributed by atoms with Crippen molar-refractivity contribution in [3.8, 4) is 0 Å². The van der Waals surface area contributed by atoms with Crippen molar-refractivity contribution < 1.29 is 9.53 Å². The number of fused-ring (bicyclic) bond motifs is 3. The van der Waals surface area contributed by atoms with E-state index in [0.29, 0.717) is 5.56 Å². The lowest BCUT2D eigenvalue weighted by Gasteiger charge is -2.10. The first-order valence-electron chi connectivity index (χ1n) is 8.66. The van der Waals surface area contributed by atoms with Crippen LogP contribution < -0.4 is 0 Å². The summed E-state index contributed by atoms with van der Waals surface area (Å²) in [6, 6.07) is 21.8. The molecule has 0 aliphatic rings. The van der Waals surface area contributed by atoms with Crippen molar-refractivity contribution in [1.82, 2.24) is 4.57 Å². The van der Waals surface area contributed by atoms with E-state index in [9.17, 15) is 4.79 Å². The van der Waals surface area contributed by atoms with E-state index in [1.54, 1.807) is 0 Å². The van der Waals surface area contributed by atoms with Crippen molar-refractivity contribution in [3.05, 3.63) is 82.9 Å². The summed E-state index contributed by atoms with van der Waals surface area (Å²) in [4.78, 5) is 11.6. The molecule has 0 fully saturated rings. The molecule has 0 aliphatic carbocycles. The lowest BCUT2D eigenvalue weighted by Crippen LogP contribution is -2.03. The summed E-state index contributed by atoms with van der Waals surface area (Å²) < 4.78 is 7.11. The number of esters is 1. The van der Waals surface area contributed by atoms with E-state index in [-0.39, 0.29) is 5.97 Å². The van der Waals surface area contributed by atoms with Crippen LogP contribution in [-0.2, 0) is 11.3 Å². The summed E-state index contributed by atoms with van der Waals surface area (Å²) in [5, 5.41) is 2.52. The van der Waals surface area contributed by atoms with Gasteiger partial charge in [-0.2, -0.15) is 0 Å². The molecule has 1 aromatic heterocycles. The number of carbonyl (C=O) groups is 1. The van der Waals surface area contributed by atoms with Gasteiger partial charge in [-0.1, -0.05) is 30.3 Å². The van der Waals surface area contributed by atoms with Crippen molar-refractivity contribution in [1.29, 1.82) is 0 Å². The van der Waals surface area contributed by atoms with Gasteiger partial charge >= 0.3 is 5.97 Å². The first kappa shape index (κ1) is 16.4. The highest BCUT2D eigenvalue weighted by Gasteiger charge is 2.13. The molecule has 0 unspecified atom stereocenters. The predicted molar refractivity (Wildman–Crippen MR) is 105 cm³/mol. The fourth-order valence-corrected chi connectivity index (χ4v) is 3.70. The Morgan fingerprint density at radius 3 is 2.50 bits per heavy atom. The number of ether oxygens (including phenoxy) is 1. The average Bonchev–Trinajstić information content (AvgIpc) is 2.96. The molecule has 0 aliphatic heterocycles. The van der Waals surface area contributed by atoms with Gasteiger partial charge in [0, 0.05) is 22.8 Å². The number of aromatic nitrogens is 1. The normalized spacial score (nSPS) is 11.2. The summed E-state index contributed by atoms with van der Waals surface area (Å²) in [5.74, 6) is -0.311. The second-order valence-corrected chi connectivity index (χ2v) is 6.63. The van der Waals surface area contributed by atoms with Crippen molar-refractivity contribution in [2.24, 2.45) is 0 Å². The molecular weight excluding hydrogens is 322 g/mol. The first-order chi connectivity index (χ1) is 12.6. The van der Waals surface area contributed by atoms with Crippen LogP contribution in [0.1, 0.15) is 27.0 Å². The molecule has 3 nitrogen and oxygen atoms in total. The van der Waals surface area contributed by atoms with Crippen molar-refractivity contribution >= 4 is 27.8 Å². The quantitative estimate of drug-likeness (QED) is 0.488. The molecule has 129 valence electrons. The fraction of sp³-hybridized carbons (Fsp3) is 0.174. The van der Waals surface area contributed by atoms with Gasteiger partial charge in [0.15, 0.2) is 0 Å². The topological polar surface area (TPSA) is 31.2 Å². The van der Waals surface area contributed by atoms with E-state index in [4.69, 9.17) is 4.74 Å². The summed E-state index contributed by atoms with van der Waals surface area (Å²) >= 11 is 0. The molecule has 26 heavy (non-hydrogen) atoms. The fourth-order valence-electron chi connectivity index (χ4n) is 3.70. The van der Waals surface area contributed by atoms with Gasteiger partial charge in [0.05, 0.1) is 18.2 Å². The Hall–Kier alpha value is -3.07. The molecule has 0 atom stereocenters. The van der Waals surface area contributed by atoms with Crippen molar-refractivity contribution in [2.45, 2.75) is 20.4 Å². The van der Waals surface area contributed by atoms with Gasteiger partial charge in [-0.15, -0.1) is 0 Å². The number of hydrogen-bond acceptors (Lipinski definition) is 2. The maximum absolute atomic E-state index is 11.6. The van der Waals surface area contributed by atoms with Crippen LogP contribution >= 0.6 is 0 Å². The molecule has 0 saturated heterocycles. The van der Waals surface area contributed by atoms with E-state index < -0.39 is 0 Å². The number of para-hydroxylation sites is 1. The molecule has 0 saturated carbocycles. The zero-order chi connectivity index (χ0) is 18.3. The Balaban J connectivity index is 1.86. The standard InChI is InChI=1S/C23H20NO2/c1-15-12-16(2)22-20(13-15)19-6-4-5-7-21(19)24(22)14-17-8-10-18(11-9-17)23(25)26-3/h4-11,13H,14H2,1-3H3. The Labute approximate surface area is 152 Å². The number of methoxy groups -OCH3 is 1. The average molecular weight is 342 g/mol. The highest BCUT2D eigenvalue weighted by Crippen LogP contribution is 2.32. The van der Waals surface area contributed by atoms with Crippen LogP contribution in [0, 0.1) is 19.9 Å². The molecule has 0 spiro atoms. The summed E-state index contributed by atoms with van der Waals surface area (Å²) in [7, 11) is 1.40. The van der Waals surface area contributed by atoms with Gasteiger partial charge in [0.2, 0.25) is 0 Å². The highest BCUT2D eigenvalue weighted by atomic mass is 16.5. The van der Waals surface area contributed by atoms with Gasteiger partial charge in [-0.25, -0.2) is 4.79 Å². The van der Waals surface area contributed by atoms with Crippen molar-refractivity contribution in [2.75, 3.05) is 7.11 Å². The Kier molecular flexibility index (Phi) is 4.00. The number of benzene rings is 3. The Morgan fingerprint density at radius 2 is 1.77 bits per heavy atom. The predicted octanol–water partition coefficient (Wildman–Crippen LogP) is 5.05. The minimum Gasteiger partial charge on any atom is -0.465 e. The second-order valence-electron chi connectivity index (χ2n) is 6.63. The Morgan fingerprint density at radius 1 is 1.04 bits per heavy atom. The second kappa shape index (κ2) is 6.34. The van der Waals surface area contributed by atoms with Gasteiger partial charge < -0.3 is 9.30 Å². The van der Waals surface area contributed by atoms with E-state index in [2.05, 4.69) is 54.8 Å². The molecule has 1 heterocycles. The molecular formula is C23H20NO2. The van der Waals surface area contributed by atoms with Gasteiger partial charge in [-0.3, -0.25) is 0 Å². The zero-order valence-electron chi connectivity index (χ0n) is 15.2. The molecule has 4 rings (SSSR count). The van der Waals surface area contributed by atoms with E-state index in [1.165, 1.54) is 28.9 Å². The van der Waals surface area contributed by atoms with Gasteiger partial charge in [0.25, 0.3) is 0 Å². The van der Waals surface area contributed by atoms with E-state index >= 15 is 0 Å². The third-order valence-corrected chi connectivity index (χ3v) is 4.83. The van der Waals surface area contributed by atoms with Crippen LogP contribution in [0.25, 0.3) is 21.8 Å². The Bertz CT molecular complexity index is 1120. The van der Waals surface area contributed by atoms with Gasteiger partial charge in [-0.05, 0) is 60.9 Å². The highest BCUT2D eigenvalue weighted by molar-refractivity contribution is 6.09. The van der Waals surface area contributed by atoms with E-state index in [1.807, 2.05) is 24.3 Å². The molecule has 0 bridgehead atoms. The molecule has 3 heteroatoms. The summed E-state index contributed by atoms with van der Waals surface area (Å²) in [6.07, 6.45) is 0. The first-order valence-corrected chi connectivity index (χ1v) is 8.66. The number of nitrogens with zero attached hydrogens (tertiary/aromatic N) is 1. The third kappa shape index (κ3) is 2.66. The van der Waals surface area contributed by atoms with Crippen LogP contribution in [0.15, 0.2) is 54.6 Å². The van der Waals surface area contributed by atoms with Gasteiger partial charge in [0.1, 0.15) is 0 Å². The van der Waals surface area contributed by atoms with Crippen LogP contribution in [0.5, 0.6) is 0 Å². The number of aryl methyl sites for hydroxylation is 2. The molecule has 1 radical (unpaired) electrons. The zero-order valence-corrected chi connectivity index (χ0v) is 15.2. The summed E-state index contributed by atoms with van der Waals surface area (Å²) in [6.45, 7) is 4.94. The van der Waals surface area contributed by atoms with Crippen LogP contribution in [0.4, 0.5) is 0 Å². The molecule has 3 aromatic carbocycles. The third-order valence-electron chi connectivity index (χ3n) is 4.83. The van der Waals surface area contributed by atoms with Crippen LogP contribution in [0.2, 0.25) is 0 Å².